The Kier molecular flexibility index (Phi) is 31.9. The third kappa shape index (κ3) is 22.6. The Labute approximate surface area is 843 Å². The predicted octanol–water partition coefficient (Wildman–Crippen LogP) is 13.3. The average molecular weight is 2010 g/mol. The first-order valence-corrected chi connectivity index (χ1v) is 47.9. The van der Waals surface area contributed by atoms with Crippen LogP contribution in [0.15, 0.2) is 352 Å². The second-order valence-electron chi connectivity index (χ2n) is 34.2. The summed E-state index contributed by atoms with van der Waals surface area (Å²) in [5.41, 5.74) is -3.09. The first-order chi connectivity index (χ1) is 71.7. The van der Waals surface area contributed by atoms with Crippen molar-refractivity contribution >= 4 is 95.1 Å². The minimum Gasteiger partial charge on any atom is -0.452 e. The number of esters is 10. The zero-order chi connectivity index (χ0) is 102. The molecule has 147 heavy (non-hydrogen) atoms. The van der Waals surface area contributed by atoms with E-state index in [1.54, 1.807) is 104 Å². The Bertz CT molecular complexity index is 6690. The topological polar surface area (TPSA) is 423 Å². The van der Waals surface area contributed by atoms with Crippen LogP contribution in [0.25, 0.3) is 0 Å². The number of aliphatic hydroxyl groups excluding tert-OH is 1. The second-order valence-corrected chi connectivity index (χ2v) is 35.6. The number of benzene rings is 12. The third-order valence-electron chi connectivity index (χ3n) is 25.0. The number of ether oxygens (including phenoxy) is 17. The van der Waals surface area contributed by atoms with Crippen LogP contribution in [0.2, 0.25) is 0 Å². The number of carbonyl (C=O) groups is 14. The van der Waals surface area contributed by atoms with Crippen LogP contribution in [-0.2, 0) is 80.5 Å². The fraction of sp³-hybridized carbons (Fsp3) is 0.232. The standard InChI is InChI=1S/C112H92N2O32S/c1-2-147-112-94(146-108(129)74-55-31-12-32-56-74)92(144-106(127)72-51-27-10-28-52-72)88(140-102(123)68-43-19-6-20-44-68)82(136-112)64-132-111-93(145-107(128)73-53-29-11-30-54-73)91(143-105(126)71-49-25-9-26-50-71)87(139-101(122)67-41-17-5-18-42-67)81(135-111)63-131-110-84(114-97(118)77-59-35-36-60-78(77)98(114)119)90(142-104(125)70-47-23-8-24-48-70)86(138-100(121)66-39-15-4-16-40-66)80(134-110)62-130-109-83(113-95(116)75-57-33-34-58-76(75)96(113)117)89(141-103(124)69-45-21-7-22-46-69)85(79(61-115)133-109)137-99(120)65-37-13-3-14-38-65/h3-60,79-94,109-112,115H,2,61-64H2,1H3/t79-,80-,81-,82-,83-,84-,85-,86-,87-,88-,89-,90-,91+,92+,93-,94-,109-,110-,111-,112+/m1/s1. The number of imide groups is 2. The molecule has 748 valence electrons. The molecule has 4 saturated heterocycles. The lowest BCUT2D eigenvalue weighted by Crippen LogP contribution is -2.69. The van der Waals surface area contributed by atoms with Gasteiger partial charge < -0.3 is 85.6 Å². The van der Waals surface area contributed by atoms with Crippen molar-refractivity contribution in [2.24, 2.45) is 0 Å². The molecule has 0 bridgehead atoms. The lowest BCUT2D eigenvalue weighted by atomic mass is 9.93. The van der Waals surface area contributed by atoms with Gasteiger partial charge in [0, 0.05) is 0 Å². The Hall–Kier alpha value is -16.4. The van der Waals surface area contributed by atoms with Gasteiger partial charge in [-0.1, -0.05) is 213 Å². The summed E-state index contributed by atoms with van der Waals surface area (Å²) in [6, 6.07) is 81.4. The largest absolute Gasteiger partial charge is 0.452 e. The van der Waals surface area contributed by atoms with Crippen LogP contribution in [0, 0.1) is 0 Å². The molecule has 18 rings (SSSR count). The molecule has 0 unspecified atom stereocenters. The summed E-state index contributed by atoms with van der Waals surface area (Å²) in [5.74, 6) is -15.1. The van der Waals surface area contributed by atoms with Gasteiger partial charge in [-0.15, -0.1) is 11.8 Å². The highest BCUT2D eigenvalue weighted by atomic mass is 32.2. The molecular weight excluding hydrogens is 1920 g/mol. The number of thioether (sulfide) groups is 1. The lowest BCUT2D eigenvalue weighted by molar-refractivity contribution is -0.331. The van der Waals surface area contributed by atoms with Gasteiger partial charge in [0.25, 0.3) is 23.6 Å². The molecule has 0 radical (unpaired) electrons. The van der Waals surface area contributed by atoms with Gasteiger partial charge in [-0.25, -0.2) is 47.9 Å². The average Bonchev–Trinajstić information content (AvgIpc) is 1.61. The Morgan fingerprint density at radius 1 is 0.238 bits per heavy atom. The maximum Gasteiger partial charge on any atom is 0.338 e. The van der Waals surface area contributed by atoms with Crippen molar-refractivity contribution in [3.63, 3.8) is 0 Å². The van der Waals surface area contributed by atoms with Crippen LogP contribution in [-0.4, -0.2) is 252 Å². The summed E-state index contributed by atoms with van der Waals surface area (Å²) in [6.45, 7) is -2.62. The first kappa shape index (κ1) is 101. The van der Waals surface area contributed by atoms with Crippen LogP contribution in [0.5, 0.6) is 0 Å². The summed E-state index contributed by atoms with van der Waals surface area (Å²) in [5, 5.41) is 11.7. The number of nitrogens with zero attached hydrogens (tertiary/aromatic N) is 2. The van der Waals surface area contributed by atoms with Crippen molar-refractivity contribution in [1.29, 1.82) is 0 Å². The van der Waals surface area contributed by atoms with Gasteiger partial charge >= 0.3 is 59.7 Å². The Morgan fingerprint density at radius 3 is 0.687 bits per heavy atom. The molecule has 20 atom stereocenters. The van der Waals surface area contributed by atoms with Crippen LogP contribution >= 0.6 is 11.8 Å². The molecule has 4 fully saturated rings. The fourth-order valence-electron chi connectivity index (χ4n) is 17.9. The van der Waals surface area contributed by atoms with E-state index in [2.05, 4.69) is 0 Å². The molecule has 0 spiro atoms. The lowest BCUT2D eigenvalue weighted by Gasteiger charge is -2.49. The molecule has 12 aromatic rings. The SMILES string of the molecule is CCS[C@@H]1O[C@H](CO[C@@H]2O[C@H](CO[C@@H]3O[C@H](CO[C@@H]4O[C@H](CO)[C@@H](OC(=O)c5ccccc5)[C@H](OC(=O)c5ccccc5)[C@H]4N4C(=O)c5ccccc5C4=O)[C@@H](OC(=O)c4ccccc4)[C@H](OC(=O)c4ccccc4)[C@H]3N3C(=O)c4ccccc4C3=O)[C@@H](OC(=O)c3ccccc3)[C@H](OC(=O)c3ccccc3)[C@H]2OC(=O)c2ccccc2)[C@@H](OC(=O)c2ccccc2)[C@H](OC(=O)c2ccccc2)[C@H]1OC(=O)c1ccccc1. The number of hydrogen-bond donors (Lipinski definition) is 1. The van der Waals surface area contributed by atoms with E-state index < -0.39 is 232 Å². The van der Waals surface area contributed by atoms with E-state index in [1.165, 1.54) is 255 Å². The molecule has 4 amide bonds. The Balaban J connectivity index is 0.796. The molecule has 1 N–H and O–H groups in total. The quantitative estimate of drug-likeness (QED) is 0.0222. The number of hydrogen-bond acceptors (Lipinski definition) is 33. The van der Waals surface area contributed by atoms with Gasteiger partial charge in [0.1, 0.15) is 41.9 Å². The van der Waals surface area contributed by atoms with E-state index in [0.717, 1.165) is 11.8 Å². The highest BCUT2D eigenvalue weighted by Crippen LogP contribution is 2.44. The predicted molar refractivity (Wildman–Crippen MR) is 516 cm³/mol. The van der Waals surface area contributed by atoms with Gasteiger partial charge in [-0.05, 0) is 151 Å². The van der Waals surface area contributed by atoms with E-state index in [1.807, 2.05) is 0 Å². The summed E-state index contributed by atoms with van der Waals surface area (Å²) >= 11 is 1.07. The van der Waals surface area contributed by atoms with E-state index in [9.17, 15) is 24.3 Å². The monoisotopic (exact) mass is 2010 g/mol. The van der Waals surface area contributed by atoms with Crippen molar-refractivity contribution < 1.29 is 153 Å². The Morgan fingerprint density at radius 2 is 0.429 bits per heavy atom. The number of carbonyl (C=O) groups excluding carboxylic acids is 14. The van der Waals surface area contributed by atoms with Crippen molar-refractivity contribution in [3.05, 3.63) is 430 Å². The van der Waals surface area contributed by atoms with Gasteiger partial charge in [0.15, 0.2) is 79.9 Å². The minimum absolute atomic E-state index is 0.00388. The highest BCUT2D eigenvalue weighted by molar-refractivity contribution is 7.99. The molecule has 0 saturated carbocycles. The number of amides is 4. The van der Waals surface area contributed by atoms with Crippen LogP contribution in [0.4, 0.5) is 0 Å². The first-order valence-electron chi connectivity index (χ1n) is 46.9. The van der Waals surface area contributed by atoms with Gasteiger partial charge in [0.05, 0.1) is 104 Å². The molecule has 0 aliphatic carbocycles. The molecule has 6 heterocycles. The number of rotatable bonds is 34. The van der Waals surface area contributed by atoms with E-state index in [0.29, 0.717) is 9.80 Å². The van der Waals surface area contributed by atoms with Gasteiger partial charge in [-0.2, -0.15) is 0 Å². The van der Waals surface area contributed by atoms with Crippen LogP contribution in [0.3, 0.4) is 0 Å². The summed E-state index contributed by atoms with van der Waals surface area (Å²) in [7, 11) is 0. The van der Waals surface area contributed by atoms with Crippen LogP contribution in [0.1, 0.15) is 152 Å². The van der Waals surface area contributed by atoms with Crippen LogP contribution < -0.4 is 0 Å². The third-order valence-corrected chi connectivity index (χ3v) is 26.0. The van der Waals surface area contributed by atoms with E-state index in [-0.39, 0.29) is 83.6 Å². The summed E-state index contributed by atoms with van der Waals surface area (Å²) in [6.07, 6.45) is -35.3. The zero-order valence-electron chi connectivity index (χ0n) is 78.0. The number of aliphatic hydroxyl groups is 1. The molecule has 0 aromatic heterocycles. The maximum absolute atomic E-state index is 15.9. The number of fused-ring (bicyclic) bond motifs is 2. The maximum atomic E-state index is 15.9. The van der Waals surface area contributed by atoms with Gasteiger partial charge in [-0.3, -0.25) is 29.0 Å². The zero-order valence-corrected chi connectivity index (χ0v) is 78.8. The summed E-state index contributed by atoms with van der Waals surface area (Å²) in [4.78, 5) is 216. The minimum atomic E-state index is -2.41. The van der Waals surface area contributed by atoms with Crippen molar-refractivity contribution in [1.82, 2.24) is 9.80 Å². The second kappa shape index (κ2) is 46.6. The van der Waals surface area contributed by atoms with Crippen molar-refractivity contribution in [2.45, 2.75) is 129 Å². The van der Waals surface area contributed by atoms with E-state index in [4.69, 9.17) is 80.5 Å². The molecule has 6 aliphatic heterocycles. The molecule has 12 aromatic carbocycles. The molecule has 35 heteroatoms. The normalized spacial score (nSPS) is 24.4. The van der Waals surface area contributed by atoms with Crippen molar-refractivity contribution in [3.8, 4) is 0 Å². The van der Waals surface area contributed by atoms with Gasteiger partial charge in [0.2, 0.25) is 0 Å². The fourth-order valence-corrected chi connectivity index (χ4v) is 18.8. The van der Waals surface area contributed by atoms with E-state index >= 15 is 47.9 Å². The molecular formula is C112H92N2O32S. The van der Waals surface area contributed by atoms with Crippen molar-refractivity contribution in [2.75, 3.05) is 32.2 Å². The summed E-state index contributed by atoms with van der Waals surface area (Å²) < 4.78 is 114. The molecule has 34 nitrogen and oxygen atoms in total. The molecule has 6 aliphatic rings. The highest BCUT2D eigenvalue weighted by Gasteiger charge is 2.63. The smallest absolute Gasteiger partial charge is 0.338 e.